The molecule has 0 aromatic heterocycles. The van der Waals surface area contributed by atoms with Gasteiger partial charge >= 0.3 is 11.9 Å². The number of halogens is 4. The molecule has 0 heterocycles. The van der Waals surface area contributed by atoms with Crippen LogP contribution in [0.4, 0.5) is 0 Å². The van der Waals surface area contributed by atoms with E-state index in [-0.39, 0.29) is 50.5 Å². The van der Waals surface area contributed by atoms with E-state index in [9.17, 15) is 19.2 Å². The predicted molar refractivity (Wildman–Crippen MR) is 123 cm³/mol. The van der Waals surface area contributed by atoms with Crippen LogP contribution in [-0.2, 0) is 19.1 Å². The normalized spacial score (nSPS) is 12.8. The molecule has 2 rings (SSSR count). The molecule has 0 radical (unpaired) electrons. The van der Waals surface area contributed by atoms with Gasteiger partial charge in [0.1, 0.15) is 0 Å². The van der Waals surface area contributed by atoms with Crippen molar-refractivity contribution >= 4 is 75.6 Å². The van der Waals surface area contributed by atoms with Crippen LogP contribution in [-0.4, -0.2) is 54.8 Å². The average Bonchev–Trinajstić information content (AvgIpc) is 2.99. The molecule has 0 unspecified atom stereocenters. The number of nitrogens with zero attached hydrogens (tertiary/aromatic N) is 1. The lowest BCUT2D eigenvalue weighted by molar-refractivity contribution is -0.158. The first-order chi connectivity index (χ1) is 15.1. The number of ether oxygens (including phenoxy) is 2. The molecule has 1 aromatic rings. The van der Waals surface area contributed by atoms with E-state index in [2.05, 4.69) is 0 Å². The zero-order chi connectivity index (χ0) is 24.3. The number of carbonyl (C=O) groups excluding carboxylic acids is 4. The molecular weight excluding hydrogens is 504 g/mol. The maximum Gasteiger partial charge on any atom is 0.324 e. The third-order valence-corrected chi connectivity index (χ3v) is 6.56. The van der Waals surface area contributed by atoms with Crippen LogP contribution in [0.15, 0.2) is 5.03 Å². The standard InChI is InChI=1S/C21H21Cl4NO6/c1-5-26(6-2)19(28)12-11-9(14(22)17(25)15(12)23)10(16(24)18(11)27)13(20(29)31-7-3)21(30)32-8-4/h13H,5-8H2,1-4H3. The number of rotatable bonds is 8. The molecule has 0 aliphatic heterocycles. The summed E-state index contributed by atoms with van der Waals surface area (Å²) in [6.45, 7) is 7.19. The maximum absolute atomic E-state index is 13.2. The Labute approximate surface area is 205 Å². The number of esters is 2. The molecule has 1 aliphatic carbocycles. The number of hydrogen-bond acceptors (Lipinski definition) is 6. The molecule has 1 aliphatic rings. The van der Waals surface area contributed by atoms with Gasteiger partial charge in [-0.15, -0.1) is 0 Å². The lowest BCUT2D eigenvalue weighted by atomic mass is 9.91. The largest absolute Gasteiger partial charge is 0.465 e. The van der Waals surface area contributed by atoms with Gasteiger partial charge in [-0.2, -0.15) is 0 Å². The van der Waals surface area contributed by atoms with E-state index in [1.165, 1.54) is 4.90 Å². The smallest absolute Gasteiger partial charge is 0.324 e. The Bertz CT molecular complexity index is 998. The van der Waals surface area contributed by atoms with Gasteiger partial charge in [-0.1, -0.05) is 46.4 Å². The van der Waals surface area contributed by atoms with E-state index in [0.29, 0.717) is 13.1 Å². The zero-order valence-corrected chi connectivity index (χ0v) is 20.8. The molecule has 0 atom stereocenters. The average molecular weight is 525 g/mol. The number of amides is 1. The lowest BCUT2D eigenvalue weighted by Crippen LogP contribution is -2.32. The molecule has 7 nitrogen and oxygen atoms in total. The summed E-state index contributed by atoms with van der Waals surface area (Å²) in [5.74, 6) is -5.07. The fourth-order valence-corrected chi connectivity index (χ4v) is 4.50. The van der Waals surface area contributed by atoms with Crippen LogP contribution in [0, 0.1) is 5.92 Å². The van der Waals surface area contributed by atoms with Crippen LogP contribution < -0.4 is 0 Å². The van der Waals surface area contributed by atoms with Crippen LogP contribution in [0.5, 0.6) is 0 Å². The van der Waals surface area contributed by atoms with E-state index >= 15 is 0 Å². The monoisotopic (exact) mass is 523 g/mol. The summed E-state index contributed by atoms with van der Waals surface area (Å²) in [6.07, 6.45) is 0. The number of carbonyl (C=O) groups is 4. The van der Waals surface area contributed by atoms with Crippen molar-refractivity contribution in [3.05, 3.63) is 36.8 Å². The van der Waals surface area contributed by atoms with Gasteiger partial charge in [0, 0.05) is 29.8 Å². The van der Waals surface area contributed by atoms with E-state index in [4.69, 9.17) is 55.9 Å². The molecule has 0 saturated heterocycles. The first-order valence-electron chi connectivity index (χ1n) is 9.86. The number of allylic oxidation sites excluding steroid dienone is 1. The van der Waals surface area contributed by atoms with E-state index in [0.717, 1.165) is 0 Å². The van der Waals surface area contributed by atoms with Crippen molar-refractivity contribution in [3.8, 4) is 0 Å². The highest BCUT2D eigenvalue weighted by atomic mass is 35.5. The zero-order valence-electron chi connectivity index (χ0n) is 17.8. The molecule has 32 heavy (non-hydrogen) atoms. The second-order valence-corrected chi connectivity index (χ2v) is 8.05. The quantitative estimate of drug-likeness (QED) is 0.269. The minimum atomic E-state index is -1.71. The summed E-state index contributed by atoms with van der Waals surface area (Å²) < 4.78 is 10.0. The molecule has 174 valence electrons. The third kappa shape index (κ3) is 4.49. The number of fused-ring (bicyclic) bond motifs is 1. The highest BCUT2D eigenvalue weighted by Crippen LogP contribution is 2.50. The van der Waals surface area contributed by atoms with Crippen molar-refractivity contribution in [2.75, 3.05) is 26.3 Å². The summed E-state index contributed by atoms with van der Waals surface area (Å²) in [5.41, 5.74) is -0.775. The Balaban J connectivity index is 2.89. The topological polar surface area (TPSA) is 90.0 Å². The Morgan fingerprint density at radius 1 is 0.812 bits per heavy atom. The minimum absolute atomic E-state index is 0.0404. The number of ketones is 1. The number of Topliss-reactive ketones (excluding diaryl/α,β-unsaturated/α-hetero) is 1. The first-order valence-corrected chi connectivity index (χ1v) is 11.4. The molecule has 0 spiro atoms. The molecule has 0 N–H and O–H groups in total. The summed E-state index contributed by atoms with van der Waals surface area (Å²) in [5, 5.41) is -1.14. The Morgan fingerprint density at radius 3 is 1.75 bits per heavy atom. The molecule has 1 aromatic carbocycles. The van der Waals surface area contributed by atoms with Crippen molar-refractivity contribution in [1.29, 1.82) is 0 Å². The van der Waals surface area contributed by atoms with Gasteiger partial charge in [0.05, 0.1) is 38.9 Å². The van der Waals surface area contributed by atoms with Crippen LogP contribution >= 0.6 is 46.4 Å². The van der Waals surface area contributed by atoms with Gasteiger partial charge in [0.15, 0.2) is 5.92 Å². The second-order valence-electron chi connectivity index (χ2n) is 6.54. The number of hydrogen-bond donors (Lipinski definition) is 0. The SMILES string of the molecule is CCOC(=O)C(C(=O)OCC)C1=C(Cl)C(=O)c2c(C(=O)N(CC)CC)c(Cl)c(Cl)c(Cl)c21. The summed E-state index contributed by atoms with van der Waals surface area (Å²) in [7, 11) is 0. The highest BCUT2D eigenvalue weighted by Gasteiger charge is 2.46. The molecule has 11 heteroatoms. The van der Waals surface area contributed by atoms with Gasteiger partial charge in [-0.05, 0) is 27.7 Å². The van der Waals surface area contributed by atoms with E-state index in [1.54, 1.807) is 27.7 Å². The van der Waals surface area contributed by atoms with Gasteiger partial charge in [0.2, 0.25) is 5.78 Å². The van der Waals surface area contributed by atoms with E-state index < -0.39 is 34.6 Å². The summed E-state index contributed by atoms with van der Waals surface area (Å²) >= 11 is 25.4. The van der Waals surface area contributed by atoms with Crippen molar-refractivity contribution in [2.45, 2.75) is 27.7 Å². The van der Waals surface area contributed by atoms with Crippen molar-refractivity contribution in [2.24, 2.45) is 5.92 Å². The van der Waals surface area contributed by atoms with Crippen LogP contribution in [0.1, 0.15) is 54.0 Å². The van der Waals surface area contributed by atoms with E-state index in [1.807, 2.05) is 0 Å². The van der Waals surface area contributed by atoms with Gasteiger partial charge in [-0.25, -0.2) is 0 Å². The molecule has 0 bridgehead atoms. The maximum atomic E-state index is 13.2. The predicted octanol–water partition coefficient (Wildman–Crippen LogP) is 5.02. The van der Waals surface area contributed by atoms with Crippen LogP contribution in [0.25, 0.3) is 5.57 Å². The van der Waals surface area contributed by atoms with Gasteiger partial charge < -0.3 is 14.4 Å². The highest BCUT2D eigenvalue weighted by molar-refractivity contribution is 6.56. The summed E-state index contributed by atoms with van der Waals surface area (Å²) in [6, 6.07) is 0. The molecular formula is C21H21Cl4NO6. The Kier molecular flexibility index (Phi) is 8.99. The number of benzene rings is 1. The lowest BCUT2D eigenvalue weighted by Gasteiger charge is -2.23. The van der Waals surface area contributed by atoms with Crippen LogP contribution in [0.2, 0.25) is 15.1 Å². The van der Waals surface area contributed by atoms with Gasteiger partial charge in [0.25, 0.3) is 5.91 Å². The summed E-state index contributed by atoms with van der Waals surface area (Å²) in [4.78, 5) is 53.2. The molecule has 0 fully saturated rings. The third-order valence-electron chi connectivity index (χ3n) is 4.85. The van der Waals surface area contributed by atoms with Gasteiger partial charge in [-0.3, -0.25) is 19.2 Å². The molecule has 0 saturated carbocycles. The Hall–Kier alpha value is -1.80. The fraction of sp³-hybridized carbons (Fsp3) is 0.429. The fourth-order valence-electron chi connectivity index (χ4n) is 3.41. The first kappa shape index (κ1) is 26.5. The van der Waals surface area contributed by atoms with Crippen molar-refractivity contribution in [3.63, 3.8) is 0 Å². The Morgan fingerprint density at radius 2 is 1.31 bits per heavy atom. The van der Waals surface area contributed by atoms with Crippen molar-refractivity contribution in [1.82, 2.24) is 4.90 Å². The van der Waals surface area contributed by atoms with Crippen LogP contribution in [0.3, 0.4) is 0 Å². The molecule has 1 amide bonds. The second kappa shape index (κ2) is 10.9. The minimum Gasteiger partial charge on any atom is -0.465 e. The van der Waals surface area contributed by atoms with Crippen molar-refractivity contribution < 1.29 is 28.7 Å².